The van der Waals surface area contributed by atoms with Crippen molar-refractivity contribution in [3.05, 3.63) is 51.0 Å². The number of halogens is 1. The van der Waals surface area contributed by atoms with Crippen molar-refractivity contribution in [2.24, 2.45) is 0 Å². The number of aromatic carboxylic acids is 1. The molecule has 0 bridgehead atoms. The minimum absolute atomic E-state index is 0.0267. The van der Waals surface area contributed by atoms with E-state index in [0.29, 0.717) is 27.0 Å². The van der Waals surface area contributed by atoms with Gasteiger partial charge in [-0.1, -0.05) is 15.9 Å². The van der Waals surface area contributed by atoms with E-state index in [1.165, 1.54) is 19.2 Å². The van der Waals surface area contributed by atoms with Gasteiger partial charge in [-0.15, -0.1) is 0 Å². The first kappa shape index (κ1) is 20.7. The number of hydrogen-bond donors (Lipinski definition) is 4. The Morgan fingerprint density at radius 2 is 1.78 bits per heavy atom. The van der Waals surface area contributed by atoms with Crippen LogP contribution in [-0.2, 0) is 0 Å². The van der Waals surface area contributed by atoms with Gasteiger partial charge < -0.3 is 20.3 Å². The van der Waals surface area contributed by atoms with Crippen molar-refractivity contribution in [3.63, 3.8) is 0 Å². The number of rotatable bonds is 4. The molecule has 0 spiro atoms. The van der Waals surface area contributed by atoms with Crippen LogP contribution in [0.4, 0.5) is 5.69 Å². The van der Waals surface area contributed by atoms with Gasteiger partial charge in [0.15, 0.2) is 5.11 Å². The zero-order valence-corrected chi connectivity index (χ0v) is 17.1. The molecule has 1 amide bonds. The van der Waals surface area contributed by atoms with Crippen molar-refractivity contribution in [1.29, 1.82) is 0 Å². The van der Waals surface area contributed by atoms with E-state index < -0.39 is 11.9 Å². The first-order chi connectivity index (χ1) is 12.6. The van der Waals surface area contributed by atoms with Crippen LogP contribution in [0.25, 0.3) is 0 Å². The van der Waals surface area contributed by atoms with E-state index >= 15 is 0 Å². The molecule has 9 heteroatoms. The summed E-state index contributed by atoms with van der Waals surface area (Å²) in [6.45, 7) is 3.37. The Kier molecular flexibility index (Phi) is 6.40. The molecule has 0 aromatic heterocycles. The number of hydrogen-bond acceptors (Lipinski definition) is 5. The van der Waals surface area contributed by atoms with Crippen LogP contribution in [0.2, 0.25) is 0 Å². The molecule has 0 heterocycles. The normalized spacial score (nSPS) is 10.2. The fourth-order valence-corrected chi connectivity index (χ4v) is 3.30. The average molecular weight is 453 g/mol. The van der Waals surface area contributed by atoms with E-state index in [1.807, 2.05) is 13.0 Å². The Morgan fingerprint density at radius 3 is 2.37 bits per heavy atom. The lowest BCUT2D eigenvalue weighted by molar-refractivity contribution is 0.0693. The number of carboxylic acid groups (broad SMARTS) is 1. The van der Waals surface area contributed by atoms with Crippen LogP contribution in [0.3, 0.4) is 0 Å². The molecule has 0 aliphatic carbocycles. The summed E-state index contributed by atoms with van der Waals surface area (Å²) in [5, 5.41) is 24.2. The molecule has 4 N–H and O–H groups in total. The number of anilines is 1. The standard InChI is InChI=1S/C18H17BrN2O5S/c1-8-5-11(7-12(14(8)22)17(24)25)20-18(27)21-16(23)13-6-10(19)4-9(2)15(13)26-3/h4-7,22H,1-3H3,(H,24,25)(H2,20,21,23,27). The van der Waals surface area contributed by atoms with Crippen LogP contribution in [0.5, 0.6) is 11.5 Å². The third-order valence-electron chi connectivity index (χ3n) is 3.70. The van der Waals surface area contributed by atoms with E-state index in [-0.39, 0.29) is 16.4 Å². The summed E-state index contributed by atoms with van der Waals surface area (Å²) in [4.78, 5) is 23.8. The molecule has 27 heavy (non-hydrogen) atoms. The molecule has 0 radical (unpaired) electrons. The molecule has 0 saturated heterocycles. The molecule has 0 atom stereocenters. The van der Waals surface area contributed by atoms with Crippen LogP contribution in [0.15, 0.2) is 28.7 Å². The predicted octanol–water partition coefficient (Wildman–Crippen LogP) is 3.61. The Labute approximate surface area is 169 Å². The number of ether oxygens (including phenoxy) is 1. The number of thiocarbonyl (C=S) groups is 1. The molecule has 0 fully saturated rings. The number of nitrogens with one attached hydrogen (secondary N) is 2. The van der Waals surface area contributed by atoms with E-state index in [4.69, 9.17) is 22.1 Å². The van der Waals surface area contributed by atoms with E-state index in [0.717, 1.165) is 5.56 Å². The van der Waals surface area contributed by atoms with Gasteiger partial charge in [0.1, 0.15) is 17.1 Å². The van der Waals surface area contributed by atoms with E-state index in [2.05, 4.69) is 26.6 Å². The number of amides is 1. The second kappa shape index (κ2) is 8.36. The van der Waals surface area contributed by atoms with Crippen LogP contribution in [0.1, 0.15) is 31.8 Å². The highest BCUT2D eigenvalue weighted by molar-refractivity contribution is 9.10. The number of aryl methyl sites for hydroxylation is 2. The maximum Gasteiger partial charge on any atom is 0.339 e. The first-order valence-electron chi connectivity index (χ1n) is 7.67. The Hall–Kier alpha value is -2.65. The van der Waals surface area contributed by atoms with E-state index in [1.54, 1.807) is 13.0 Å². The summed E-state index contributed by atoms with van der Waals surface area (Å²) in [7, 11) is 1.47. The second-order valence-electron chi connectivity index (χ2n) is 5.71. The summed E-state index contributed by atoms with van der Waals surface area (Å²) in [6.07, 6.45) is 0. The van der Waals surface area contributed by atoms with Crippen molar-refractivity contribution in [2.45, 2.75) is 13.8 Å². The average Bonchev–Trinajstić information content (AvgIpc) is 2.56. The van der Waals surface area contributed by atoms with Crippen LogP contribution in [0, 0.1) is 13.8 Å². The molecule has 142 valence electrons. The highest BCUT2D eigenvalue weighted by atomic mass is 79.9. The molecule has 2 aromatic rings. The van der Waals surface area contributed by atoms with Crippen molar-refractivity contribution in [2.75, 3.05) is 12.4 Å². The number of carbonyl (C=O) groups is 2. The number of phenols is 1. The lowest BCUT2D eigenvalue weighted by Crippen LogP contribution is -2.34. The molecule has 7 nitrogen and oxygen atoms in total. The third kappa shape index (κ3) is 4.75. The Balaban J connectivity index is 2.22. The fraction of sp³-hybridized carbons (Fsp3) is 0.167. The van der Waals surface area contributed by atoms with Gasteiger partial charge in [0.05, 0.1) is 12.7 Å². The summed E-state index contributed by atoms with van der Waals surface area (Å²) in [5.41, 5.74) is 1.48. The zero-order chi connectivity index (χ0) is 20.3. The van der Waals surface area contributed by atoms with Crippen molar-refractivity contribution in [3.8, 4) is 11.5 Å². The number of carboxylic acids is 1. The minimum atomic E-state index is -1.27. The lowest BCUT2D eigenvalue weighted by atomic mass is 10.1. The number of benzene rings is 2. The topological polar surface area (TPSA) is 108 Å². The van der Waals surface area contributed by atoms with Crippen molar-refractivity contribution in [1.82, 2.24) is 5.32 Å². The Morgan fingerprint density at radius 1 is 1.11 bits per heavy atom. The third-order valence-corrected chi connectivity index (χ3v) is 4.37. The summed E-state index contributed by atoms with van der Waals surface area (Å²) < 4.78 is 6.00. The zero-order valence-electron chi connectivity index (χ0n) is 14.7. The van der Waals surface area contributed by atoms with Gasteiger partial charge >= 0.3 is 5.97 Å². The molecule has 0 aliphatic heterocycles. The largest absolute Gasteiger partial charge is 0.507 e. The van der Waals surface area contributed by atoms with Crippen LogP contribution >= 0.6 is 28.1 Å². The lowest BCUT2D eigenvalue weighted by Gasteiger charge is -2.14. The minimum Gasteiger partial charge on any atom is -0.507 e. The monoisotopic (exact) mass is 452 g/mol. The Bertz CT molecular complexity index is 946. The number of aromatic hydroxyl groups is 1. The van der Waals surface area contributed by atoms with Gasteiger partial charge in [-0.3, -0.25) is 10.1 Å². The molecule has 0 unspecified atom stereocenters. The van der Waals surface area contributed by atoms with Crippen molar-refractivity contribution >= 4 is 50.8 Å². The highest BCUT2D eigenvalue weighted by Gasteiger charge is 2.18. The number of methoxy groups -OCH3 is 1. The molecule has 0 saturated carbocycles. The molecular weight excluding hydrogens is 436 g/mol. The quantitative estimate of drug-likeness (QED) is 0.414. The van der Waals surface area contributed by atoms with Crippen LogP contribution < -0.4 is 15.4 Å². The molecule has 0 aliphatic rings. The highest BCUT2D eigenvalue weighted by Crippen LogP contribution is 2.28. The first-order valence-corrected chi connectivity index (χ1v) is 8.87. The van der Waals surface area contributed by atoms with Crippen molar-refractivity contribution < 1.29 is 24.5 Å². The van der Waals surface area contributed by atoms with Gasteiger partial charge in [-0.05, 0) is 61.5 Å². The molecule has 2 rings (SSSR count). The van der Waals surface area contributed by atoms with Gasteiger partial charge in [-0.25, -0.2) is 4.79 Å². The fourth-order valence-electron chi connectivity index (χ4n) is 2.52. The summed E-state index contributed by atoms with van der Waals surface area (Å²) in [5.74, 6) is -1.66. The van der Waals surface area contributed by atoms with Gasteiger partial charge in [0.2, 0.25) is 0 Å². The van der Waals surface area contributed by atoms with Gasteiger partial charge in [0, 0.05) is 10.2 Å². The van der Waals surface area contributed by atoms with Crippen LogP contribution in [-0.4, -0.2) is 34.3 Å². The van der Waals surface area contributed by atoms with Gasteiger partial charge in [0.25, 0.3) is 5.91 Å². The molecular formula is C18H17BrN2O5S. The second-order valence-corrected chi connectivity index (χ2v) is 7.03. The summed E-state index contributed by atoms with van der Waals surface area (Å²) >= 11 is 8.47. The number of carbonyl (C=O) groups excluding carboxylic acids is 1. The SMILES string of the molecule is COc1c(C)cc(Br)cc1C(=O)NC(=S)Nc1cc(C)c(O)c(C(=O)O)c1. The smallest absolute Gasteiger partial charge is 0.339 e. The van der Waals surface area contributed by atoms with Gasteiger partial charge in [-0.2, -0.15) is 0 Å². The maximum absolute atomic E-state index is 12.6. The van der Waals surface area contributed by atoms with E-state index in [9.17, 15) is 14.7 Å². The maximum atomic E-state index is 12.6. The molecule has 2 aromatic carbocycles. The predicted molar refractivity (Wildman–Crippen MR) is 109 cm³/mol. The summed E-state index contributed by atoms with van der Waals surface area (Å²) in [6, 6.07) is 6.17.